The van der Waals surface area contributed by atoms with Crippen LogP contribution in [0.4, 0.5) is 0 Å². The Hall–Kier alpha value is -0.870. The molecular weight excluding hydrogens is 214 g/mol. The van der Waals surface area contributed by atoms with E-state index in [1.807, 2.05) is 0 Å². The first-order valence-corrected chi connectivity index (χ1v) is 5.53. The smallest absolute Gasteiger partial charge is 0.234 e. The van der Waals surface area contributed by atoms with Crippen LogP contribution >= 0.6 is 11.6 Å². The molecule has 5 heteroatoms. The van der Waals surface area contributed by atoms with Crippen molar-refractivity contribution in [3.8, 4) is 5.88 Å². The SMILES string of the molecule is Clc1cncc(OC23CCN(CC2)C3)n1. The van der Waals surface area contributed by atoms with E-state index >= 15 is 0 Å². The van der Waals surface area contributed by atoms with Crippen LogP contribution in [0.5, 0.6) is 5.88 Å². The van der Waals surface area contributed by atoms with E-state index in [9.17, 15) is 0 Å². The van der Waals surface area contributed by atoms with Gasteiger partial charge in [0.25, 0.3) is 0 Å². The fourth-order valence-electron chi connectivity index (χ4n) is 2.42. The van der Waals surface area contributed by atoms with Crippen LogP contribution in [0, 0.1) is 0 Å². The second-order valence-corrected chi connectivity index (χ2v) is 4.63. The van der Waals surface area contributed by atoms with Crippen molar-refractivity contribution in [1.29, 1.82) is 0 Å². The molecule has 2 bridgehead atoms. The molecule has 4 nitrogen and oxygen atoms in total. The van der Waals surface area contributed by atoms with Crippen molar-refractivity contribution in [2.75, 3.05) is 19.6 Å². The van der Waals surface area contributed by atoms with Gasteiger partial charge in [0, 0.05) is 32.5 Å². The lowest BCUT2D eigenvalue weighted by molar-refractivity contribution is 0.0905. The lowest BCUT2D eigenvalue weighted by atomic mass is 10.00. The summed E-state index contributed by atoms with van der Waals surface area (Å²) in [6.45, 7) is 3.28. The standard InChI is InChI=1S/C10H12ClN3O/c11-8-5-12-6-9(13-8)15-10-1-3-14(7-10)4-2-10/h5-6H,1-4,7H2. The Labute approximate surface area is 93.2 Å². The topological polar surface area (TPSA) is 38.2 Å². The van der Waals surface area contributed by atoms with E-state index in [4.69, 9.17) is 16.3 Å². The van der Waals surface area contributed by atoms with Gasteiger partial charge in [0.05, 0.1) is 12.4 Å². The Morgan fingerprint density at radius 1 is 1.33 bits per heavy atom. The Morgan fingerprint density at radius 3 is 2.73 bits per heavy atom. The zero-order chi connectivity index (χ0) is 10.3. The van der Waals surface area contributed by atoms with Crippen LogP contribution in [0.1, 0.15) is 12.8 Å². The second kappa shape index (κ2) is 3.32. The fourth-order valence-corrected chi connectivity index (χ4v) is 2.55. The minimum atomic E-state index is -0.0284. The van der Waals surface area contributed by atoms with Gasteiger partial charge in [-0.1, -0.05) is 11.6 Å². The van der Waals surface area contributed by atoms with E-state index in [-0.39, 0.29) is 5.60 Å². The van der Waals surface area contributed by atoms with Gasteiger partial charge in [-0.25, -0.2) is 0 Å². The van der Waals surface area contributed by atoms with E-state index in [0.29, 0.717) is 11.0 Å². The van der Waals surface area contributed by atoms with Gasteiger partial charge in [0.2, 0.25) is 5.88 Å². The van der Waals surface area contributed by atoms with Gasteiger partial charge in [0.1, 0.15) is 5.60 Å². The van der Waals surface area contributed by atoms with Crippen LogP contribution in [0.2, 0.25) is 5.15 Å². The highest BCUT2D eigenvalue weighted by Gasteiger charge is 2.46. The molecule has 0 aliphatic carbocycles. The molecule has 0 amide bonds. The molecule has 3 rings (SSSR count). The van der Waals surface area contributed by atoms with Gasteiger partial charge < -0.3 is 4.74 Å². The Morgan fingerprint density at radius 2 is 2.13 bits per heavy atom. The van der Waals surface area contributed by atoms with Crippen LogP contribution in [-0.4, -0.2) is 40.1 Å². The molecule has 2 aliphatic heterocycles. The van der Waals surface area contributed by atoms with Crippen LogP contribution in [-0.2, 0) is 0 Å². The number of piperidine rings is 1. The van der Waals surface area contributed by atoms with Gasteiger partial charge >= 0.3 is 0 Å². The molecule has 3 heterocycles. The molecule has 80 valence electrons. The van der Waals surface area contributed by atoms with Crippen LogP contribution in [0.3, 0.4) is 0 Å². The molecule has 2 fully saturated rings. The van der Waals surface area contributed by atoms with Gasteiger partial charge in [-0.05, 0) is 0 Å². The largest absolute Gasteiger partial charge is 0.468 e. The number of aromatic nitrogens is 2. The molecule has 2 saturated heterocycles. The monoisotopic (exact) mass is 225 g/mol. The fraction of sp³-hybridized carbons (Fsp3) is 0.600. The number of hydrogen-bond acceptors (Lipinski definition) is 4. The maximum atomic E-state index is 5.93. The molecule has 0 N–H and O–H groups in total. The molecule has 0 unspecified atom stereocenters. The first-order valence-electron chi connectivity index (χ1n) is 5.15. The minimum absolute atomic E-state index is 0.0284. The van der Waals surface area contributed by atoms with Crippen LogP contribution < -0.4 is 4.74 Å². The molecule has 1 aromatic rings. The van der Waals surface area contributed by atoms with E-state index in [1.54, 1.807) is 6.20 Å². The predicted molar refractivity (Wildman–Crippen MR) is 56.1 cm³/mol. The summed E-state index contributed by atoms with van der Waals surface area (Å²) in [5.41, 5.74) is -0.0284. The summed E-state index contributed by atoms with van der Waals surface area (Å²) in [4.78, 5) is 10.5. The molecule has 0 atom stereocenters. The highest BCUT2D eigenvalue weighted by Crippen LogP contribution is 2.35. The number of fused-ring (bicyclic) bond motifs is 2. The van der Waals surface area contributed by atoms with E-state index in [1.165, 1.54) is 6.20 Å². The number of halogens is 1. The summed E-state index contributed by atoms with van der Waals surface area (Å²) in [7, 11) is 0. The van der Waals surface area contributed by atoms with Crippen molar-refractivity contribution in [3.05, 3.63) is 17.5 Å². The summed E-state index contributed by atoms with van der Waals surface area (Å²) in [5, 5.41) is 0.386. The van der Waals surface area contributed by atoms with Crippen molar-refractivity contribution < 1.29 is 4.74 Å². The minimum Gasteiger partial charge on any atom is -0.468 e. The number of rotatable bonds is 2. The molecule has 1 aromatic heterocycles. The molecule has 15 heavy (non-hydrogen) atoms. The molecule has 0 saturated carbocycles. The van der Waals surface area contributed by atoms with Gasteiger partial charge in [-0.3, -0.25) is 9.88 Å². The lowest BCUT2D eigenvalue weighted by Gasteiger charge is -2.25. The van der Waals surface area contributed by atoms with Crippen LogP contribution in [0.25, 0.3) is 0 Å². The third-order valence-electron chi connectivity index (χ3n) is 3.18. The number of hydrogen-bond donors (Lipinski definition) is 0. The summed E-state index contributed by atoms with van der Waals surface area (Å²) < 4.78 is 5.93. The molecule has 0 radical (unpaired) electrons. The van der Waals surface area contributed by atoms with Gasteiger partial charge in [-0.2, -0.15) is 4.98 Å². The average Bonchev–Trinajstić information content (AvgIpc) is 2.77. The summed E-state index contributed by atoms with van der Waals surface area (Å²) in [6, 6.07) is 0. The number of ether oxygens (including phenoxy) is 1. The second-order valence-electron chi connectivity index (χ2n) is 4.24. The lowest BCUT2D eigenvalue weighted by Crippen LogP contribution is -2.34. The number of nitrogens with zero attached hydrogens (tertiary/aromatic N) is 3. The third kappa shape index (κ3) is 1.68. The van der Waals surface area contributed by atoms with E-state index in [0.717, 1.165) is 32.5 Å². The van der Waals surface area contributed by atoms with Crippen molar-refractivity contribution >= 4 is 11.6 Å². The first-order chi connectivity index (χ1) is 7.26. The van der Waals surface area contributed by atoms with Crippen molar-refractivity contribution in [2.24, 2.45) is 0 Å². The maximum Gasteiger partial charge on any atom is 0.234 e. The van der Waals surface area contributed by atoms with E-state index < -0.39 is 0 Å². The normalized spacial score (nSPS) is 33.3. The van der Waals surface area contributed by atoms with Crippen LogP contribution in [0.15, 0.2) is 12.4 Å². The Balaban J connectivity index is 1.80. The highest BCUT2D eigenvalue weighted by atomic mass is 35.5. The van der Waals surface area contributed by atoms with Crippen molar-refractivity contribution in [2.45, 2.75) is 18.4 Å². The molecule has 0 spiro atoms. The average molecular weight is 226 g/mol. The van der Waals surface area contributed by atoms with Gasteiger partial charge in [-0.15, -0.1) is 0 Å². The first kappa shape index (κ1) is 9.36. The summed E-state index contributed by atoms with van der Waals surface area (Å²) in [5.74, 6) is 0.547. The zero-order valence-corrected chi connectivity index (χ0v) is 9.07. The van der Waals surface area contributed by atoms with Gasteiger partial charge in [0.15, 0.2) is 5.15 Å². The highest BCUT2D eigenvalue weighted by molar-refractivity contribution is 6.29. The summed E-state index contributed by atoms with van der Waals surface area (Å²) >= 11 is 5.77. The zero-order valence-electron chi connectivity index (χ0n) is 8.32. The Kier molecular flexibility index (Phi) is 2.07. The molecule has 0 aromatic carbocycles. The Bertz CT molecular complexity index is 377. The molecule has 2 aliphatic rings. The maximum absolute atomic E-state index is 5.93. The van der Waals surface area contributed by atoms with E-state index in [2.05, 4.69) is 14.9 Å². The summed E-state index contributed by atoms with van der Waals surface area (Å²) in [6.07, 6.45) is 5.31. The predicted octanol–water partition coefficient (Wildman–Crippen LogP) is 1.36. The van der Waals surface area contributed by atoms with Crippen molar-refractivity contribution in [3.63, 3.8) is 0 Å². The van der Waals surface area contributed by atoms with Crippen molar-refractivity contribution in [1.82, 2.24) is 14.9 Å². The quantitative estimate of drug-likeness (QED) is 0.762. The molecular formula is C10H12ClN3O. The third-order valence-corrected chi connectivity index (χ3v) is 3.37.